The molecule has 0 unspecified atom stereocenters. The lowest BCUT2D eigenvalue weighted by atomic mass is 9.49. The largest absolute Gasteiger partial charge is 0.326 e. The summed E-state index contributed by atoms with van der Waals surface area (Å²) in [7, 11) is 0. The average molecular weight is 412 g/mol. The van der Waals surface area contributed by atoms with E-state index >= 15 is 0 Å². The number of H-pyrrole nitrogens is 1. The summed E-state index contributed by atoms with van der Waals surface area (Å²) in [5.41, 5.74) is 1.24. The van der Waals surface area contributed by atoms with E-state index in [9.17, 15) is 9.59 Å². The Kier molecular flexibility index (Phi) is 4.81. The molecule has 4 fully saturated rings. The molecule has 0 spiro atoms. The molecule has 0 aliphatic heterocycles. The van der Waals surface area contributed by atoms with Crippen molar-refractivity contribution in [1.82, 2.24) is 15.2 Å². The molecule has 1 aromatic carbocycles. The Balaban J connectivity index is 1.21. The summed E-state index contributed by atoms with van der Waals surface area (Å²) >= 11 is 1.29. The van der Waals surface area contributed by atoms with Crippen LogP contribution in [0, 0.1) is 23.2 Å². The number of aromatic nitrogens is 3. The number of amides is 2. The highest BCUT2D eigenvalue weighted by molar-refractivity contribution is 7.99. The van der Waals surface area contributed by atoms with Gasteiger partial charge in [0, 0.05) is 11.4 Å². The maximum atomic E-state index is 13.2. The summed E-state index contributed by atoms with van der Waals surface area (Å²) in [6.45, 7) is 0. The first-order valence-corrected chi connectivity index (χ1v) is 11.3. The van der Waals surface area contributed by atoms with E-state index in [1.807, 2.05) is 24.3 Å². The molecule has 0 radical (unpaired) electrons. The van der Waals surface area contributed by atoms with Crippen molar-refractivity contribution < 1.29 is 9.59 Å². The number of thioether (sulfide) groups is 1. The fraction of sp³-hybridized carbons (Fsp3) is 0.524. The molecular formula is C21H25N5O2S. The number of hydrogen-bond acceptors (Lipinski definition) is 5. The molecule has 4 aliphatic carbocycles. The topological polar surface area (TPSA) is 99.8 Å². The van der Waals surface area contributed by atoms with Crippen LogP contribution in [0.15, 0.2) is 35.7 Å². The molecule has 0 saturated heterocycles. The Labute approximate surface area is 173 Å². The first-order valence-electron chi connectivity index (χ1n) is 10.3. The molecule has 29 heavy (non-hydrogen) atoms. The molecule has 1 aromatic heterocycles. The number of anilines is 2. The van der Waals surface area contributed by atoms with E-state index in [4.69, 9.17) is 0 Å². The lowest BCUT2D eigenvalue weighted by Gasteiger charge is -2.55. The van der Waals surface area contributed by atoms with Crippen LogP contribution in [0.5, 0.6) is 0 Å². The highest BCUT2D eigenvalue weighted by atomic mass is 32.2. The van der Waals surface area contributed by atoms with Crippen LogP contribution in [0.25, 0.3) is 0 Å². The number of carbonyl (C=O) groups excluding carboxylic acids is 2. The van der Waals surface area contributed by atoms with Gasteiger partial charge in [0.05, 0.1) is 11.2 Å². The summed E-state index contributed by atoms with van der Waals surface area (Å²) in [5, 5.41) is 13.1. The van der Waals surface area contributed by atoms with Crippen molar-refractivity contribution in [2.24, 2.45) is 23.2 Å². The number of nitrogens with one attached hydrogen (secondary N) is 3. The van der Waals surface area contributed by atoms with Crippen molar-refractivity contribution in [3.8, 4) is 0 Å². The second kappa shape index (κ2) is 7.48. The lowest BCUT2D eigenvalue weighted by Crippen LogP contribution is -2.51. The minimum atomic E-state index is -0.179. The molecule has 4 saturated carbocycles. The Bertz CT molecular complexity index is 878. The van der Waals surface area contributed by atoms with Gasteiger partial charge in [0.15, 0.2) is 5.16 Å². The fourth-order valence-corrected chi connectivity index (χ4v) is 6.50. The monoisotopic (exact) mass is 411 g/mol. The van der Waals surface area contributed by atoms with E-state index in [-0.39, 0.29) is 23.0 Å². The van der Waals surface area contributed by atoms with Crippen LogP contribution in [0.2, 0.25) is 0 Å². The SMILES string of the molecule is O=C(CSc1ncn[nH]1)Nc1cccc(NC(=O)C23CC4CC(CC(C4)C2)C3)c1. The van der Waals surface area contributed by atoms with Crippen molar-refractivity contribution in [2.45, 2.75) is 43.7 Å². The van der Waals surface area contributed by atoms with E-state index < -0.39 is 0 Å². The highest BCUT2D eigenvalue weighted by Gasteiger charge is 2.54. The zero-order chi connectivity index (χ0) is 19.8. The second-order valence-electron chi connectivity index (χ2n) is 8.86. The maximum Gasteiger partial charge on any atom is 0.234 e. The quantitative estimate of drug-likeness (QED) is 0.630. The van der Waals surface area contributed by atoms with Crippen molar-refractivity contribution in [3.63, 3.8) is 0 Å². The third-order valence-electron chi connectivity index (χ3n) is 6.66. The zero-order valence-corrected chi connectivity index (χ0v) is 17.0. The summed E-state index contributed by atoms with van der Waals surface area (Å²) < 4.78 is 0. The van der Waals surface area contributed by atoms with Crippen molar-refractivity contribution >= 4 is 35.0 Å². The van der Waals surface area contributed by atoms with Gasteiger partial charge < -0.3 is 10.6 Å². The van der Waals surface area contributed by atoms with Gasteiger partial charge in [-0.25, -0.2) is 4.98 Å². The fourth-order valence-electron chi connectivity index (χ4n) is 5.92. The summed E-state index contributed by atoms with van der Waals surface area (Å²) in [6, 6.07) is 7.40. The molecule has 1 heterocycles. The third kappa shape index (κ3) is 3.90. The van der Waals surface area contributed by atoms with Gasteiger partial charge in [-0.3, -0.25) is 14.7 Å². The van der Waals surface area contributed by atoms with Gasteiger partial charge in [-0.2, -0.15) is 5.10 Å². The average Bonchev–Trinajstić information content (AvgIpc) is 3.19. The molecule has 2 aromatic rings. The molecule has 0 atom stereocenters. The van der Waals surface area contributed by atoms with Crippen LogP contribution in [0.4, 0.5) is 11.4 Å². The standard InChI is InChI=1S/C21H25N5O2S/c27-18(11-29-20-22-12-23-26-20)24-16-2-1-3-17(7-16)25-19(28)21-8-13-4-14(9-21)6-15(5-13)10-21/h1-3,7,12-15H,4-6,8-11H2,(H,24,27)(H,25,28)(H,22,23,26). The minimum Gasteiger partial charge on any atom is -0.326 e. The molecule has 7 nitrogen and oxygen atoms in total. The third-order valence-corrected chi connectivity index (χ3v) is 7.53. The van der Waals surface area contributed by atoms with Gasteiger partial charge in [0.1, 0.15) is 6.33 Å². The summed E-state index contributed by atoms with van der Waals surface area (Å²) in [4.78, 5) is 29.4. The van der Waals surface area contributed by atoms with Crippen LogP contribution >= 0.6 is 11.8 Å². The number of benzene rings is 1. The number of carbonyl (C=O) groups is 2. The Hall–Kier alpha value is -2.35. The Morgan fingerprint density at radius 1 is 1.07 bits per heavy atom. The summed E-state index contributed by atoms with van der Waals surface area (Å²) in [5.74, 6) is 2.48. The molecule has 3 N–H and O–H groups in total. The number of nitrogens with zero attached hydrogens (tertiary/aromatic N) is 2. The molecule has 2 amide bonds. The molecule has 8 heteroatoms. The van der Waals surface area contributed by atoms with E-state index in [2.05, 4.69) is 25.8 Å². The van der Waals surface area contributed by atoms with Crippen LogP contribution in [-0.4, -0.2) is 32.7 Å². The molecule has 6 rings (SSSR count). The second-order valence-corrected chi connectivity index (χ2v) is 9.82. The van der Waals surface area contributed by atoms with E-state index in [1.165, 1.54) is 37.4 Å². The van der Waals surface area contributed by atoms with Crippen LogP contribution < -0.4 is 10.6 Å². The number of aromatic amines is 1. The van der Waals surface area contributed by atoms with Crippen molar-refractivity contribution in [1.29, 1.82) is 0 Å². The number of hydrogen-bond donors (Lipinski definition) is 3. The maximum absolute atomic E-state index is 13.2. The van der Waals surface area contributed by atoms with E-state index in [1.54, 1.807) is 0 Å². The van der Waals surface area contributed by atoms with Crippen LogP contribution in [0.3, 0.4) is 0 Å². The Morgan fingerprint density at radius 2 is 1.72 bits per heavy atom. The summed E-state index contributed by atoms with van der Waals surface area (Å²) in [6.07, 6.45) is 8.50. The predicted molar refractivity (Wildman–Crippen MR) is 111 cm³/mol. The van der Waals surface area contributed by atoms with Gasteiger partial charge >= 0.3 is 0 Å². The minimum absolute atomic E-state index is 0.129. The zero-order valence-electron chi connectivity index (χ0n) is 16.2. The normalized spacial score (nSPS) is 29.6. The smallest absolute Gasteiger partial charge is 0.234 e. The molecule has 4 aliphatic rings. The van der Waals surface area contributed by atoms with Crippen LogP contribution in [0.1, 0.15) is 38.5 Å². The van der Waals surface area contributed by atoms with Crippen molar-refractivity contribution in [2.75, 3.05) is 16.4 Å². The van der Waals surface area contributed by atoms with Gasteiger partial charge in [-0.05, 0) is 74.5 Å². The van der Waals surface area contributed by atoms with Gasteiger partial charge in [-0.15, -0.1) is 0 Å². The number of rotatable bonds is 6. The van der Waals surface area contributed by atoms with Gasteiger partial charge in [0.25, 0.3) is 0 Å². The highest BCUT2D eigenvalue weighted by Crippen LogP contribution is 2.60. The van der Waals surface area contributed by atoms with Crippen molar-refractivity contribution in [3.05, 3.63) is 30.6 Å². The van der Waals surface area contributed by atoms with Crippen LogP contribution in [-0.2, 0) is 9.59 Å². The first kappa shape index (κ1) is 18.7. The van der Waals surface area contributed by atoms with E-state index in [0.29, 0.717) is 10.8 Å². The lowest BCUT2D eigenvalue weighted by molar-refractivity contribution is -0.140. The van der Waals surface area contributed by atoms with Gasteiger partial charge in [-0.1, -0.05) is 17.8 Å². The first-order chi connectivity index (χ1) is 14.1. The molecule has 4 bridgehead atoms. The molecule has 152 valence electrons. The van der Waals surface area contributed by atoms with E-state index in [0.717, 1.165) is 42.7 Å². The van der Waals surface area contributed by atoms with Gasteiger partial charge in [0.2, 0.25) is 11.8 Å². The predicted octanol–water partition coefficient (Wildman–Crippen LogP) is 3.69. The Morgan fingerprint density at radius 3 is 2.34 bits per heavy atom. The molecular weight excluding hydrogens is 386 g/mol.